The molecule has 0 atom stereocenters. The van der Waals surface area contributed by atoms with Crippen molar-refractivity contribution in [3.05, 3.63) is 41.1 Å². The Morgan fingerprint density at radius 3 is 2.95 bits per heavy atom. The number of hydrogen-bond donors (Lipinski definition) is 1. The summed E-state index contributed by atoms with van der Waals surface area (Å²) in [5.74, 6) is -0.329. The maximum Gasteiger partial charge on any atom is 0.234 e. The van der Waals surface area contributed by atoms with Gasteiger partial charge < -0.3 is 4.74 Å². The van der Waals surface area contributed by atoms with Gasteiger partial charge in [0.15, 0.2) is 5.65 Å². The zero-order valence-corrected chi connectivity index (χ0v) is 10.5. The normalized spacial score (nSPS) is 10.4. The fourth-order valence-corrected chi connectivity index (χ4v) is 1.78. The van der Waals surface area contributed by atoms with Gasteiger partial charge >= 0.3 is 0 Å². The molecule has 0 aliphatic rings. The predicted molar refractivity (Wildman–Crippen MR) is 67.9 cm³/mol. The van der Waals surface area contributed by atoms with Crippen LogP contribution in [0.5, 0.6) is 11.6 Å². The minimum atomic E-state index is -0.673. The number of benzene rings is 1. The number of aromatic nitrogens is 4. The van der Waals surface area contributed by atoms with Gasteiger partial charge in [-0.15, -0.1) is 0 Å². The van der Waals surface area contributed by atoms with Crippen molar-refractivity contribution >= 4 is 22.6 Å². The van der Waals surface area contributed by atoms with Crippen LogP contribution in [0.1, 0.15) is 5.56 Å². The lowest BCUT2D eigenvalue weighted by molar-refractivity contribution is 0.463. The Labute approximate surface area is 116 Å². The van der Waals surface area contributed by atoms with E-state index < -0.39 is 5.82 Å². The second-order valence-electron chi connectivity index (χ2n) is 3.79. The predicted octanol–water partition coefficient (Wildman–Crippen LogP) is 2.81. The van der Waals surface area contributed by atoms with Gasteiger partial charge in [0.25, 0.3) is 0 Å². The molecule has 3 rings (SSSR count). The summed E-state index contributed by atoms with van der Waals surface area (Å²) in [5.41, 5.74) is 0.348. The molecule has 1 N–H and O–H groups in total. The molecule has 0 amide bonds. The Balaban J connectivity index is 2.03. The zero-order chi connectivity index (χ0) is 14.1. The average molecular weight is 290 g/mol. The lowest BCUT2D eigenvalue weighted by atomic mass is 10.2. The number of halogens is 2. The van der Waals surface area contributed by atoms with Gasteiger partial charge in [0.1, 0.15) is 23.0 Å². The standard InChI is InChI=1S/C12H5ClFN5O/c13-12-17-10-8(5-16-19-10)11(18-12)20-7-2-1-6(4-15)9(14)3-7/h1-3,5H,(H,16,17,18,19). The zero-order valence-electron chi connectivity index (χ0n) is 9.76. The Hall–Kier alpha value is -2.72. The molecule has 0 unspecified atom stereocenters. The molecule has 0 radical (unpaired) electrons. The Morgan fingerprint density at radius 1 is 1.35 bits per heavy atom. The van der Waals surface area contributed by atoms with E-state index in [1.807, 2.05) is 0 Å². The van der Waals surface area contributed by atoms with E-state index in [2.05, 4.69) is 20.2 Å². The van der Waals surface area contributed by atoms with Gasteiger partial charge in [-0.25, -0.2) is 4.39 Å². The van der Waals surface area contributed by atoms with Crippen LogP contribution in [-0.4, -0.2) is 20.2 Å². The molecule has 0 saturated heterocycles. The van der Waals surface area contributed by atoms with Gasteiger partial charge in [-0.05, 0) is 23.7 Å². The van der Waals surface area contributed by atoms with E-state index in [1.54, 1.807) is 6.07 Å². The largest absolute Gasteiger partial charge is 0.438 e. The number of rotatable bonds is 2. The molecule has 1 aromatic carbocycles. The van der Waals surface area contributed by atoms with E-state index in [-0.39, 0.29) is 22.5 Å². The van der Waals surface area contributed by atoms with Crippen LogP contribution in [0.2, 0.25) is 5.28 Å². The number of hydrogen-bond acceptors (Lipinski definition) is 5. The number of fused-ring (bicyclic) bond motifs is 1. The third-order valence-electron chi connectivity index (χ3n) is 2.52. The molecule has 0 fully saturated rings. The SMILES string of the molecule is N#Cc1ccc(Oc2nc(Cl)nc3[nH]ncc23)cc1F. The molecule has 8 heteroatoms. The topological polar surface area (TPSA) is 87.5 Å². The van der Waals surface area contributed by atoms with Crippen LogP contribution in [-0.2, 0) is 0 Å². The summed E-state index contributed by atoms with van der Waals surface area (Å²) in [4.78, 5) is 7.85. The van der Waals surface area contributed by atoms with Crippen LogP contribution < -0.4 is 4.74 Å². The summed E-state index contributed by atoms with van der Waals surface area (Å²) < 4.78 is 19.0. The lowest BCUT2D eigenvalue weighted by Crippen LogP contribution is -1.93. The monoisotopic (exact) mass is 289 g/mol. The number of H-pyrrole nitrogens is 1. The molecule has 0 aliphatic carbocycles. The molecular formula is C12H5ClFN5O. The first-order chi connectivity index (χ1) is 9.67. The molecule has 2 heterocycles. The lowest BCUT2D eigenvalue weighted by Gasteiger charge is -2.06. The van der Waals surface area contributed by atoms with Gasteiger partial charge in [0.2, 0.25) is 11.2 Å². The molecule has 2 aromatic heterocycles. The van der Waals surface area contributed by atoms with Crippen molar-refractivity contribution in [2.24, 2.45) is 0 Å². The molecule has 0 spiro atoms. The summed E-state index contributed by atoms with van der Waals surface area (Å²) >= 11 is 5.76. The van der Waals surface area contributed by atoms with Crippen LogP contribution in [0.3, 0.4) is 0 Å². The summed E-state index contributed by atoms with van der Waals surface area (Å²) in [7, 11) is 0. The van der Waals surface area contributed by atoms with E-state index in [1.165, 1.54) is 18.3 Å². The molecule has 6 nitrogen and oxygen atoms in total. The van der Waals surface area contributed by atoms with E-state index in [0.29, 0.717) is 11.0 Å². The van der Waals surface area contributed by atoms with Crippen molar-refractivity contribution in [3.8, 4) is 17.7 Å². The third-order valence-corrected chi connectivity index (χ3v) is 2.69. The van der Waals surface area contributed by atoms with Crippen molar-refractivity contribution < 1.29 is 9.13 Å². The molecule has 0 bridgehead atoms. The molecular weight excluding hydrogens is 285 g/mol. The number of nitrogens with one attached hydrogen (secondary N) is 1. The highest BCUT2D eigenvalue weighted by molar-refractivity contribution is 6.28. The Morgan fingerprint density at radius 2 is 2.20 bits per heavy atom. The first kappa shape index (κ1) is 12.3. The molecule has 98 valence electrons. The summed E-state index contributed by atoms with van der Waals surface area (Å²) in [5, 5.41) is 15.6. The van der Waals surface area contributed by atoms with Gasteiger partial charge in [-0.3, -0.25) is 5.10 Å². The van der Waals surface area contributed by atoms with Crippen LogP contribution in [0.25, 0.3) is 11.0 Å². The second kappa shape index (κ2) is 4.75. The third kappa shape index (κ3) is 2.13. The van der Waals surface area contributed by atoms with E-state index >= 15 is 0 Å². The highest BCUT2D eigenvalue weighted by Crippen LogP contribution is 2.28. The quantitative estimate of drug-likeness (QED) is 0.733. The maximum atomic E-state index is 13.5. The summed E-state index contributed by atoms with van der Waals surface area (Å²) in [6.07, 6.45) is 1.47. The van der Waals surface area contributed by atoms with Gasteiger partial charge in [0, 0.05) is 6.07 Å². The van der Waals surface area contributed by atoms with Gasteiger partial charge in [0.05, 0.1) is 11.8 Å². The number of nitrogens with zero attached hydrogens (tertiary/aromatic N) is 4. The number of aromatic amines is 1. The maximum absolute atomic E-state index is 13.5. The van der Waals surface area contributed by atoms with Gasteiger partial charge in [-0.1, -0.05) is 0 Å². The van der Waals surface area contributed by atoms with Crippen LogP contribution >= 0.6 is 11.6 Å². The first-order valence-corrected chi connectivity index (χ1v) is 5.79. The van der Waals surface area contributed by atoms with Crippen LogP contribution in [0, 0.1) is 17.1 Å². The van der Waals surface area contributed by atoms with Crippen molar-refractivity contribution in [1.82, 2.24) is 20.2 Å². The van der Waals surface area contributed by atoms with Crippen molar-refractivity contribution in [1.29, 1.82) is 5.26 Å². The smallest absolute Gasteiger partial charge is 0.234 e. The second-order valence-corrected chi connectivity index (χ2v) is 4.12. The van der Waals surface area contributed by atoms with E-state index in [9.17, 15) is 4.39 Å². The average Bonchev–Trinajstić information content (AvgIpc) is 2.87. The minimum Gasteiger partial charge on any atom is -0.438 e. The molecule has 0 aliphatic heterocycles. The molecule has 20 heavy (non-hydrogen) atoms. The molecule has 3 aromatic rings. The fourth-order valence-electron chi connectivity index (χ4n) is 1.62. The van der Waals surface area contributed by atoms with Crippen molar-refractivity contribution in [3.63, 3.8) is 0 Å². The summed E-state index contributed by atoms with van der Waals surface area (Å²) in [6, 6.07) is 5.61. The van der Waals surface area contributed by atoms with E-state index in [4.69, 9.17) is 21.6 Å². The van der Waals surface area contributed by atoms with Crippen LogP contribution in [0.4, 0.5) is 4.39 Å². The Kier molecular flexibility index (Phi) is 2.93. The fraction of sp³-hybridized carbons (Fsp3) is 0. The Bertz CT molecular complexity index is 841. The number of nitriles is 1. The van der Waals surface area contributed by atoms with Gasteiger partial charge in [-0.2, -0.15) is 20.3 Å². The minimum absolute atomic E-state index is 0.0223. The first-order valence-electron chi connectivity index (χ1n) is 5.41. The highest BCUT2D eigenvalue weighted by Gasteiger charge is 2.12. The van der Waals surface area contributed by atoms with Crippen LogP contribution in [0.15, 0.2) is 24.4 Å². The summed E-state index contributed by atoms with van der Waals surface area (Å²) in [6.45, 7) is 0. The van der Waals surface area contributed by atoms with Crippen molar-refractivity contribution in [2.45, 2.75) is 0 Å². The highest BCUT2D eigenvalue weighted by atomic mass is 35.5. The van der Waals surface area contributed by atoms with E-state index in [0.717, 1.165) is 6.07 Å². The van der Waals surface area contributed by atoms with Crippen molar-refractivity contribution in [2.75, 3.05) is 0 Å². The molecule has 0 saturated carbocycles. The number of ether oxygens (including phenoxy) is 1.